The van der Waals surface area contributed by atoms with E-state index in [1.807, 2.05) is 0 Å². The summed E-state index contributed by atoms with van der Waals surface area (Å²) in [6.07, 6.45) is 3.21. The van der Waals surface area contributed by atoms with E-state index in [0.717, 1.165) is 5.69 Å². The van der Waals surface area contributed by atoms with Crippen LogP contribution in [-0.2, 0) is 4.79 Å². The van der Waals surface area contributed by atoms with Crippen molar-refractivity contribution in [3.8, 4) is 0 Å². The Morgan fingerprint density at radius 3 is 3.00 bits per heavy atom. The fourth-order valence-corrected chi connectivity index (χ4v) is 1.05. The average molecular weight is 208 g/mol. The molecule has 0 saturated heterocycles. The summed E-state index contributed by atoms with van der Waals surface area (Å²) in [5.74, 6) is -0.475. The van der Waals surface area contributed by atoms with Crippen LogP contribution >= 0.6 is 0 Å². The summed E-state index contributed by atoms with van der Waals surface area (Å²) < 4.78 is 13.2. The molecule has 3 nitrogen and oxygen atoms in total. The van der Waals surface area contributed by atoms with Crippen LogP contribution in [0.25, 0.3) is 6.08 Å². The second kappa shape index (κ2) is 5.24. The Kier molecular flexibility index (Phi) is 3.97. The maximum absolute atomic E-state index is 13.2. The van der Waals surface area contributed by atoms with Gasteiger partial charge in [-0.2, -0.15) is 0 Å². The minimum Gasteiger partial charge on any atom is -0.353 e. The number of hydrogen-bond acceptors (Lipinski definition) is 2. The van der Waals surface area contributed by atoms with Gasteiger partial charge in [0.2, 0.25) is 5.91 Å². The fraction of sp³-hybridized carbons (Fsp3) is 0.273. The molecule has 0 radical (unpaired) electrons. The van der Waals surface area contributed by atoms with Gasteiger partial charge in [0.1, 0.15) is 5.82 Å². The molecular formula is C11H13FN2O. The van der Waals surface area contributed by atoms with Gasteiger partial charge in [-0.25, -0.2) is 4.39 Å². The van der Waals surface area contributed by atoms with Crippen LogP contribution in [0.1, 0.15) is 18.3 Å². The van der Waals surface area contributed by atoms with Crippen molar-refractivity contribution < 1.29 is 9.18 Å². The average Bonchev–Trinajstić information content (AvgIpc) is 2.17. The Hall–Kier alpha value is -1.71. The molecular weight excluding hydrogens is 195 g/mol. The van der Waals surface area contributed by atoms with Gasteiger partial charge in [-0.1, -0.05) is 6.08 Å². The van der Waals surface area contributed by atoms with Gasteiger partial charge in [-0.05, 0) is 25.1 Å². The molecule has 1 N–H and O–H groups in total. The van der Waals surface area contributed by atoms with Crippen LogP contribution in [0.4, 0.5) is 4.39 Å². The number of rotatable bonds is 3. The summed E-state index contributed by atoms with van der Waals surface area (Å²) in [5.41, 5.74) is 1.05. The molecule has 0 aliphatic carbocycles. The first-order chi connectivity index (χ1) is 7.09. The molecule has 0 spiro atoms. The molecule has 1 aromatic heterocycles. The third-order valence-corrected chi connectivity index (χ3v) is 1.76. The van der Waals surface area contributed by atoms with E-state index in [2.05, 4.69) is 10.3 Å². The molecule has 0 fully saturated rings. The summed E-state index contributed by atoms with van der Waals surface area (Å²) in [4.78, 5) is 14.6. The Balaban J connectivity index is 2.63. The molecule has 0 unspecified atom stereocenters. The van der Waals surface area contributed by atoms with E-state index in [-0.39, 0.29) is 11.7 Å². The molecule has 1 amide bonds. The lowest BCUT2D eigenvalue weighted by Gasteiger charge is -1.98. The lowest BCUT2D eigenvalue weighted by molar-refractivity contribution is -0.118. The van der Waals surface area contributed by atoms with Crippen LogP contribution in [-0.4, -0.2) is 17.4 Å². The molecule has 0 atom stereocenters. The monoisotopic (exact) mass is 208 g/mol. The predicted octanol–water partition coefficient (Wildman–Crippen LogP) is 1.68. The SMILES string of the molecule is CC(=O)NCC=Cc1nc(C)ccc1F. The van der Waals surface area contributed by atoms with Crippen molar-refractivity contribution in [1.82, 2.24) is 10.3 Å². The second-order valence-electron chi connectivity index (χ2n) is 3.16. The van der Waals surface area contributed by atoms with Gasteiger partial charge in [-0.3, -0.25) is 9.78 Å². The van der Waals surface area contributed by atoms with E-state index in [4.69, 9.17) is 0 Å². The highest BCUT2D eigenvalue weighted by Crippen LogP contribution is 2.06. The summed E-state index contributed by atoms with van der Waals surface area (Å²) in [5, 5.41) is 2.57. The molecule has 15 heavy (non-hydrogen) atoms. The zero-order valence-corrected chi connectivity index (χ0v) is 8.75. The van der Waals surface area contributed by atoms with Gasteiger partial charge < -0.3 is 5.32 Å². The van der Waals surface area contributed by atoms with Gasteiger partial charge in [-0.15, -0.1) is 0 Å². The minimum absolute atomic E-state index is 0.114. The largest absolute Gasteiger partial charge is 0.353 e. The lowest BCUT2D eigenvalue weighted by atomic mass is 10.3. The molecule has 4 heteroatoms. The highest BCUT2D eigenvalue weighted by molar-refractivity contribution is 5.73. The van der Waals surface area contributed by atoms with Gasteiger partial charge in [0, 0.05) is 19.2 Å². The second-order valence-corrected chi connectivity index (χ2v) is 3.16. The molecule has 0 aliphatic rings. The zero-order valence-electron chi connectivity index (χ0n) is 8.75. The van der Waals surface area contributed by atoms with E-state index < -0.39 is 0 Å². The number of hydrogen-bond donors (Lipinski definition) is 1. The summed E-state index contributed by atoms with van der Waals surface area (Å²) >= 11 is 0. The number of nitrogens with one attached hydrogen (secondary N) is 1. The molecule has 0 bridgehead atoms. The van der Waals surface area contributed by atoms with Crippen molar-refractivity contribution >= 4 is 12.0 Å². The van der Waals surface area contributed by atoms with E-state index in [0.29, 0.717) is 12.2 Å². The molecule has 80 valence electrons. The van der Waals surface area contributed by atoms with Crippen LogP contribution in [0, 0.1) is 12.7 Å². The van der Waals surface area contributed by atoms with Crippen LogP contribution in [0.15, 0.2) is 18.2 Å². The van der Waals surface area contributed by atoms with Crippen molar-refractivity contribution in [3.05, 3.63) is 35.4 Å². The minimum atomic E-state index is -0.361. The first-order valence-corrected chi connectivity index (χ1v) is 4.63. The third kappa shape index (κ3) is 3.89. The maximum atomic E-state index is 13.2. The van der Waals surface area contributed by atoms with E-state index >= 15 is 0 Å². The number of halogens is 1. The Morgan fingerprint density at radius 1 is 1.60 bits per heavy atom. The topological polar surface area (TPSA) is 42.0 Å². The van der Waals surface area contributed by atoms with Crippen molar-refractivity contribution in [3.63, 3.8) is 0 Å². The zero-order chi connectivity index (χ0) is 11.3. The Bertz CT molecular complexity index is 388. The van der Waals surface area contributed by atoms with Gasteiger partial charge >= 0.3 is 0 Å². The first-order valence-electron chi connectivity index (χ1n) is 4.63. The third-order valence-electron chi connectivity index (χ3n) is 1.76. The van der Waals surface area contributed by atoms with Crippen molar-refractivity contribution in [1.29, 1.82) is 0 Å². The molecule has 0 aromatic carbocycles. The van der Waals surface area contributed by atoms with Crippen molar-refractivity contribution in [2.45, 2.75) is 13.8 Å². The quantitative estimate of drug-likeness (QED) is 0.821. The highest BCUT2D eigenvalue weighted by atomic mass is 19.1. The molecule has 1 aromatic rings. The first kappa shape index (κ1) is 11.4. The van der Waals surface area contributed by atoms with Gasteiger partial charge in [0.25, 0.3) is 0 Å². The fourth-order valence-electron chi connectivity index (χ4n) is 1.05. The van der Waals surface area contributed by atoms with Crippen molar-refractivity contribution in [2.24, 2.45) is 0 Å². The Morgan fingerprint density at radius 2 is 2.33 bits per heavy atom. The number of carbonyl (C=O) groups is 1. The van der Waals surface area contributed by atoms with E-state index in [1.54, 1.807) is 25.1 Å². The van der Waals surface area contributed by atoms with Gasteiger partial charge in [0.15, 0.2) is 0 Å². The number of pyridine rings is 1. The number of amides is 1. The summed E-state index contributed by atoms with van der Waals surface area (Å²) in [6.45, 7) is 3.61. The molecule has 0 saturated carbocycles. The number of aryl methyl sites for hydroxylation is 1. The van der Waals surface area contributed by atoms with Crippen LogP contribution < -0.4 is 5.32 Å². The van der Waals surface area contributed by atoms with E-state index in [9.17, 15) is 9.18 Å². The van der Waals surface area contributed by atoms with Gasteiger partial charge in [0.05, 0.1) is 5.69 Å². The number of nitrogens with zero attached hydrogens (tertiary/aromatic N) is 1. The Labute approximate surface area is 88.0 Å². The van der Waals surface area contributed by atoms with Crippen LogP contribution in [0.3, 0.4) is 0 Å². The smallest absolute Gasteiger partial charge is 0.217 e. The number of carbonyl (C=O) groups excluding carboxylic acids is 1. The van der Waals surface area contributed by atoms with Crippen LogP contribution in [0.2, 0.25) is 0 Å². The number of aromatic nitrogens is 1. The summed E-state index contributed by atoms with van der Waals surface area (Å²) in [6, 6.07) is 2.99. The van der Waals surface area contributed by atoms with E-state index in [1.165, 1.54) is 13.0 Å². The molecule has 0 aliphatic heterocycles. The molecule has 1 rings (SSSR count). The highest BCUT2D eigenvalue weighted by Gasteiger charge is 1.98. The van der Waals surface area contributed by atoms with Crippen molar-refractivity contribution in [2.75, 3.05) is 6.54 Å². The lowest BCUT2D eigenvalue weighted by Crippen LogP contribution is -2.19. The normalized spacial score (nSPS) is 10.6. The maximum Gasteiger partial charge on any atom is 0.217 e. The predicted molar refractivity (Wildman–Crippen MR) is 56.6 cm³/mol. The summed E-state index contributed by atoms with van der Waals surface area (Å²) in [7, 11) is 0. The molecule has 1 heterocycles. The standard InChI is InChI=1S/C11H13FN2O/c1-8-5-6-10(12)11(14-8)4-3-7-13-9(2)15/h3-6H,7H2,1-2H3,(H,13,15). The van der Waals surface area contributed by atoms with Crippen LogP contribution in [0.5, 0.6) is 0 Å².